The zero-order valence-corrected chi connectivity index (χ0v) is 14.3. The van der Waals surface area contributed by atoms with Gasteiger partial charge in [-0.05, 0) is 18.6 Å². The first-order valence-corrected chi connectivity index (χ1v) is 7.98. The first-order chi connectivity index (χ1) is 13.1. The van der Waals surface area contributed by atoms with E-state index in [1.165, 1.54) is 0 Å². The highest BCUT2D eigenvalue weighted by atomic mass is 16.4. The molecule has 1 heterocycles. The number of rotatable bonds is 6. The van der Waals surface area contributed by atoms with Crippen LogP contribution in [0.15, 0.2) is 12.1 Å². The molecule has 12 heteroatoms. The summed E-state index contributed by atoms with van der Waals surface area (Å²) in [6.45, 7) is -1.37. The summed E-state index contributed by atoms with van der Waals surface area (Å²) in [4.78, 5) is 59.3. The molecule has 1 aromatic carbocycles. The van der Waals surface area contributed by atoms with Crippen LogP contribution in [0, 0.1) is 0 Å². The standard InChI is InChI=1S/C16H17N3O9/c20-9-3-7(4-10(21)14(9)26)15(27)18-8-1-2-12(23)19(16(8)28)6-11(22)17-5-13(24)25/h3-4,8,20-21,26H,1-2,5-6H2,(H,17,22)(H,18,27)(H,24,25)/t8-/m0/s1. The second kappa shape index (κ2) is 8.24. The van der Waals surface area contributed by atoms with Crippen molar-refractivity contribution in [1.82, 2.24) is 15.5 Å². The number of carbonyl (C=O) groups excluding carboxylic acids is 4. The quantitative estimate of drug-likeness (QED) is 0.239. The van der Waals surface area contributed by atoms with E-state index in [1.807, 2.05) is 5.32 Å². The van der Waals surface area contributed by atoms with Gasteiger partial charge in [0, 0.05) is 12.0 Å². The first-order valence-electron chi connectivity index (χ1n) is 7.98. The maximum Gasteiger partial charge on any atom is 0.322 e. The Labute approximate surface area is 157 Å². The number of amides is 4. The minimum absolute atomic E-state index is 0.0350. The number of imide groups is 1. The summed E-state index contributed by atoms with van der Waals surface area (Å²) in [7, 11) is 0. The zero-order chi connectivity index (χ0) is 21.0. The second-order valence-corrected chi connectivity index (χ2v) is 5.92. The lowest BCUT2D eigenvalue weighted by molar-refractivity contribution is -0.152. The van der Waals surface area contributed by atoms with Gasteiger partial charge in [0.05, 0.1) is 0 Å². The Kier molecular flexibility index (Phi) is 6.03. The lowest BCUT2D eigenvalue weighted by atomic mass is 10.0. The van der Waals surface area contributed by atoms with E-state index in [4.69, 9.17) is 5.11 Å². The third-order valence-electron chi connectivity index (χ3n) is 3.89. The molecule has 1 aromatic rings. The van der Waals surface area contributed by atoms with Gasteiger partial charge >= 0.3 is 5.97 Å². The fourth-order valence-corrected chi connectivity index (χ4v) is 2.49. The number of phenols is 3. The van der Waals surface area contributed by atoms with Crippen LogP contribution in [0.1, 0.15) is 23.2 Å². The molecule has 1 atom stereocenters. The summed E-state index contributed by atoms with van der Waals surface area (Å²) >= 11 is 0. The van der Waals surface area contributed by atoms with Crippen molar-refractivity contribution in [3.63, 3.8) is 0 Å². The van der Waals surface area contributed by atoms with E-state index in [9.17, 15) is 39.3 Å². The van der Waals surface area contributed by atoms with Gasteiger partial charge in [-0.3, -0.25) is 28.9 Å². The maximum absolute atomic E-state index is 12.4. The van der Waals surface area contributed by atoms with Crippen molar-refractivity contribution in [1.29, 1.82) is 0 Å². The number of carboxylic acid groups (broad SMARTS) is 1. The molecule has 0 bridgehead atoms. The molecular formula is C16H17N3O9. The average Bonchev–Trinajstić information content (AvgIpc) is 2.63. The molecule has 1 aliphatic rings. The van der Waals surface area contributed by atoms with E-state index < -0.39 is 66.0 Å². The van der Waals surface area contributed by atoms with E-state index in [0.29, 0.717) is 4.90 Å². The van der Waals surface area contributed by atoms with E-state index >= 15 is 0 Å². The van der Waals surface area contributed by atoms with E-state index in [-0.39, 0.29) is 18.4 Å². The third-order valence-corrected chi connectivity index (χ3v) is 3.89. The summed E-state index contributed by atoms with van der Waals surface area (Å²) in [6, 6.07) is 0.593. The molecule has 2 rings (SSSR count). The van der Waals surface area contributed by atoms with Crippen molar-refractivity contribution in [3.05, 3.63) is 17.7 Å². The third kappa shape index (κ3) is 4.66. The van der Waals surface area contributed by atoms with Gasteiger partial charge in [-0.1, -0.05) is 0 Å². The van der Waals surface area contributed by atoms with Crippen molar-refractivity contribution < 1.29 is 44.4 Å². The lowest BCUT2D eigenvalue weighted by Crippen LogP contribution is -2.56. The molecule has 0 aliphatic carbocycles. The molecular weight excluding hydrogens is 378 g/mol. The molecule has 1 saturated heterocycles. The van der Waals surface area contributed by atoms with Gasteiger partial charge in [-0.2, -0.15) is 0 Å². The molecule has 0 saturated carbocycles. The minimum Gasteiger partial charge on any atom is -0.504 e. The van der Waals surface area contributed by atoms with Gasteiger partial charge in [0.15, 0.2) is 17.2 Å². The van der Waals surface area contributed by atoms with Gasteiger partial charge in [-0.15, -0.1) is 0 Å². The number of carboxylic acids is 1. The lowest BCUT2D eigenvalue weighted by Gasteiger charge is -2.30. The number of benzene rings is 1. The van der Waals surface area contributed by atoms with Crippen LogP contribution in [0.25, 0.3) is 0 Å². The molecule has 28 heavy (non-hydrogen) atoms. The Balaban J connectivity index is 2.07. The van der Waals surface area contributed by atoms with Crippen molar-refractivity contribution in [2.45, 2.75) is 18.9 Å². The molecule has 0 radical (unpaired) electrons. The minimum atomic E-state index is -1.30. The van der Waals surface area contributed by atoms with Crippen LogP contribution in [0.4, 0.5) is 0 Å². The van der Waals surface area contributed by atoms with E-state index in [1.54, 1.807) is 0 Å². The Bertz CT molecular complexity index is 829. The normalized spacial score (nSPS) is 16.6. The first kappa shape index (κ1) is 20.5. The van der Waals surface area contributed by atoms with Gasteiger partial charge in [0.25, 0.3) is 11.8 Å². The van der Waals surface area contributed by atoms with Gasteiger partial charge in [0.2, 0.25) is 11.8 Å². The average molecular weight is 395 g/mol. The molecule has 150 valence electrons. The highest BCUT2D eigenvalue weighted by Gasteiger charge is 2.36. The number of nitrogens with one attached hydrogen (secondary N) is 2. The fraction of sp³-hybridized carbons (Fsp3) is 0.312. The predicted molar refractivity (Wildman–Crippen MR) is 89.3 cm³/mol. The number of likely N-dealkylation sites (tertiary alicyclic amines) is 1. The number of aromatic hydroxyl groups is 3. The van der Waals surface area contributed by atoms with Crippen molar-refractivity contribution in [3.8, 4) is 17.2 Å². The number of nitrogens with zero attached hydrogens (tertiary/aromatic N) is 1. The van der Waals surface area contributed by atoms with Gasteiger partial charge < -0.3 is 31.1 Å². The van der Waals surface area contributed by atoms with E-state index in [2.05, 4.69) is 5.32 Å². The molecule has 0 aromatic heterocycles. The molecule has 0 spiro atoms. The van der Waals surface area contributed by atoms with Crippen LogP contribution in [0.5, 0.6) is 17.2 Å². The van der Waals surface area contributed by atoms with E-state index in [0.717, 1.165) is 12.1 Å². The predicted octanol–water partition coefficient (Wildman–Crippen LogP) is -1.75. The smallest absolute Gasteiger partial charge is 0.322 e. The Morgan fingerprint density at radius 2 is 1.71 bits per heavy atom. The van der Waals surface area contributed by atoms with Crippen LogP contribution >= 0.6 is 0 Å². The van der Waals surface area contributed by atoms with Gasteiger partial charge in [-0.25, -0.2) is 0 Å². The van der Waals surface area contributed by atoms with Crippen LogP contribution in [0.3, 0.4) is 0 Å². The molecule has 6 N–H and O–H groups in total. The maximum atomic E-state index is 12.4. The Morgan fingerprint density at radius 1 is 1.11 bits per heavy atom. The largest absolute Gasteiger partial charge is 0.504 e. The fourth-order valence-electron chi connectivity index (χ4n) is 2.49. The summed E-state index contributed by atoms with van der Waals surface area (Å²) in [6.07, 6.45) is -0.179. The number of phenolic OH excluding ortho intramolecular Hbond substituents is 3. The second-order valence-electron chi connectivity index (χ2n) is 5.92. The number of carbonyl (C=O) groups is 5. The topological polar surface area (TPSA) is 194 Å². The number of piperidine rings is 1. The Hall–Kier alpha value is -3.83. The van der Waals surface area contributed by atoms with Crippen LogP contribution in [0.2, 0.25) is 0 Å². The summed E-state index contributed by atoms with van der Waals surface area (Å²) < 4.78 is 0. The Morgan fingerprint density at radius 3 is 2.29 bits per heavy atom. The summed E-state index contributed by atoms with van der Waals surface area (Å²) in [5.74, 6) is -6.83. The molecule has 4 amide bonds. The van der Waals surface area contributed by atoms with Gasteiger partial charge in [0.1, 0.15) is 19.1 Å². The molecule has 1 aliphatic heterocycles. The van der Waals surface area contributed by atoms with Crippen LogP contribution in [-0.4, -0.2) is 74.1 Å². The zero-order valence-electron chi connectivity index (χ0n) is 14.3. The highest BCUT2D eigenvalue weighted by Crippen LogP contribution is 2.35. The monoisotopic (exact) mass is 395 g/mol. The molecule has 12 nitrogen and oxygen atoms in total. The summed E-state index contributed by atoms with van der Waals surface area (Å²) in [5, 5.41) is 41.1. The van der Waals surface area contributed by atoms with Crippen molar-refractivity contribution in [2.24, 2.45) is 0 Å². The molecule has 0 unspecified atom stereocenters. The highest BCUT2D eigenvalue weighted by molar-refractivity contribution is 6.06. The van der Waals surface area contributed by atoms with Crippen molar-refractivity contribution in [2.75, 3.05) is 13.1 Å². The number of hydrogen-bond acceptors (Lipinski definition) is 8. The van der Waals surface area contributed by atoms with Crippen LogP contribution < -0.4 is 10.6 Å². The summed E-state index contributed by atoms with van der Waals surface area (Å²) in [5.41, 5.74) is -0.247. The van der Waals surface area contributed by atoms with Crippen molar-refractivity contribution >= 4 is 29.6 Å². The SMILES string of the molecule is O=C(O)CNC(=O)CN1C(=O)CC[C@H](NC(=O)c2cc(O)c(O)c(O)c2)C1=O. The number of aliphatic carboxylic acids is 1. The molecule has 1 fully saturated rings. The number of hydrogen-bond donors (Lipinski definition) is 6. The van der Waals surface area contributed by atoms with Crippen LogP contribution in [-0.2, 0) is 19.2 Å².